The molecule has 0 aliphatic heterocycles. The molecule has 0 aromatic carbocycles. The van der Waals surface area contributed by atoms with Crippen molar-refractivity contribution in [2.24, 2.45) is 12.5 Å². The summed E-state index contributed by atoms with van der Waals surface area (Å²) in [6.45, 7) is 2.06. The second-order valence-electron chi connectivity index (χ2n) is 7.46. The van der Waals surface area contributed by atoms with Crippen LogP contribution in [0, 0.1) is 5.41 Å². The zero-order chi connectivity index (χ0) is 17.5. The van der Waals surface area contributed by atoms with Crippen LogP contribution in [-0.4, -0.2) is 34.6 Å². The minimum atomic E-state index is -0.100. The summed E-state index contributed by atoms with van der Waals surface area (Å²) in [5, 5.41) is 0. The molecule has 24 heavy (non-hydrogen) atoms. The molecule has 1 amide bonds. The van der Waals surface area contributed by atoms with Crippen molar-refractivity contribution in [1.29, 1.82) is 0 Å². The molecule has 0 spiro atoms. The summed E-state index contributed by atoms with van der Waals surface area (Å²) in [5.74, 6) is 0.901. The van der Waals surface area contributed by atoms with Gasteiger partial charge in [-0.15, -0.1) is 0 Å². The van der Waals surface area contributed by atoms with Gasteiger partial charge in [-0.2, -0.15) is 0 Å². The maximum absolute atomic E-state index is 12.5. The first-order valence-electron chi connectivity index (χ1n) is 8.60. The van der Waals surface area contributed by atoms with E-state index >= 15 is 0 Å². The Morgan fingerprint density at radius 2 is 1.96 bits per heavy atom. The molecule has 2 aliphatic carbocycles. The summed E-state index contributed by atoms with van der Waals surface area (Å²) in [6.07, 6.45) is 7.58. The minimum absolute atomic E-state index is 0.0788. The van der Waals surface area contributed by atoms with Crippen molar-refractivity contribution in [2.45, 2.75) is 57.6 Å². The molecule has 2 saturated carbocycles. The lowest BCUT2D eigenvalue weighted by Crippen LogP contribution is -2.43. The van der Waals surface area contributed by atoms with Gasteiger partial charge in [-0.25, -0.2) is 0 Å². The Bertz CT molecular complexity index is 688. The van der Waals surface area contributed by atoms with E-state index in [-0.39, 0.29) is 17.1 Å². The van der Waals surface area contributed by atoms with E-state index in [0.29, 0.717) is 17.7 Å². The number of aromatic nitrogens is 1. The third kappa shape index (κ3) is 3.53. The topological polar surface area (TPSA) is 51.5 Å². The summed E-state index contributed by atoms with van der Waals surface area (Å²) in [6, 6.07) is 1.83. The van der Waals surface area contributed by atoms with E-state index in [1.807, 2.05) is 11.9 Å². The number of hydrogen-bond acceptors (Lipinski definition) is 3. The van der Waals surface area contributed by atoms with Gasteiger partial charge in [0.2, 0.25) is 5.91 Å². The Labute approximate surface area is 151 Å². The van der Waals surface area contributed by atoms with E-state index in [1.54, 1.807) is 13.2 Å². The number of pyridine rings is 1. The van der Waals surface area contributed by atoms with Crippen LogP contribution in [0.1, 0.15) is 45.4 Å². The van der Waals surface area contributed by atoms with E-state index in [0.717, 1.165) is 43.0 Å². The van der Waals surface area contributed by atoms with Gasteiger partial charge in [0.25, 0.3) is 5.56 Å². The minimum Gasteiger partial charge on any atom is -0.489 e. The average molecular weight is 397 g/mol. The fraction of sp³-hybridized carbons (Fsp3) is 0.667. The van der Waals surface area contributed by atoms with Crippen LogP contribution in [0.25, 0.3) is 0 Å². The van der Waals surface area contributed by atoms with Crippen LogP contribution in [-0.2, 0) is 11.8 Å². The average Bonchev–Trinajstić information content (AvgIpc) is 3.31. The lowest BCUT2D eigenvalue weighted by Gasteiger charge is -2.36. The quantitative estimate of drug-likeness (QED) is 0.785. The van der Waals surface area contributed by atoms with Crippen LogP contribution in [0.5, 0.6) is 5.75 Å². The number of halogens is 1. The third-order valence-electron chi connectivity index (χ3n) is 5.47. The highest BCUT2D eigenvalue weighted by molar-refractivity contribution is 9.10. The lowest BCUT2D eigenvalue weighted by atomic mass is 9.91. The van der Waals surface area contributed by atoms with Crippen LogP contribution in [0.4, 0.5) is 0 Å². The fourth-order valence-corrected chi connectivity index (χ4v) is 3.91. The molecular formula is C18H25BrN2O3. The van der Waals surface area contributed by atoms with Crippen molar-refractivity contribution in [3.63, 3.8) is 0 Å². The molecule has 0 N–H and O–H groups in total. The summed E-state index contributed by atoms with van der Waals surface area (Å²) >= 11 is 3.45. The number of carbonyl (C=O) groups is 1. The summed E-state index contributed by atoms with van der Waals surface area (Å²) in [4.78, 5) is 26.2. The Kier molecular flexibility index (Phi) is 4.78. The van der Waals surface area contributed by atoms with E-state index in [4.69, 9.17) is 4.74 Å². The maximum atomic E-state index is 12.5. The molecule has 1 heterocycles. The zero-order valence-corrected chi connectivity index (χ0v) is 16.1. The molecule has 6 heteroatoms. The van der Waals surface area contributed by atoms with Gasteiger partial charge in [0.05, 0.1) is 10.6 Å². The Morgan fingerprint density at radius 3 is 2.54 bits per heavy atom. The standard InChI is InChI=1S/C18H25BrN2O3/c1-18(8-9-18)17(23)21(3)12-4-6-13(7-5-12)24-15-10-16(22)20(2)11-14(15)19/h10-13H,4-9H2,1-3H3/t12-,13-. The highest BCUT2D eigenvalue weighted by atomic mass is 79.9. The van der Waals surface area contributed by atoms with E-state index in [1.165, 1.54) is 10.6 Å². The van der Waals surface area contributed by atoms with Gasteiger partial charge >= 0.3 is 0 Å². The number of aryl methyl sites for hydroxylation is 1. The molecule has 1 aromatic heterocycles. The Morgan fingerprint density at radius 1 is 1.33 bits per heavy atom. The Hall–Kier alpha value is -1.30. The third-order valence-corrected chi connectivity index (χ3v) is 6.06. The second-order valence-corrected chi connectivity index (χ2v) is 8.31. The van der Waals surface area contributed by atoms with Crippen LogP contribution in [0.15, 0.2) is 21.5 Å². The predicted molar refractivity (Wildman–Crippen MR) is 96.2 cm³/mol. The van der Waals surface area contributed by atoms with Gasteiger partial charge in [0, 0.05) is 37.8 Å². The number of rotatable bonds is 4. The monoisotopic (exact) mass is 396 g/mol. The smallest absolute Gasteiger partial charge is 0.254 e. The van der Waals surface area contributed by atoms with Crippen molar-refractivity contribution in [3.8, 4) is 5.75 Å². The summed E-state index contributed by atoms with van der Waals surface area (Å²) in [7, 11) is 3.66. The van der Waals surface area contributed by atoms with Gasteiger partial charge in [0.15, 0.2) is 0 Å². The normalized spacial score (nSPS) is 25.2. The second kappa shape index (κ2) is 6.54. The van der Waals surface area contributed by atoms with E-state index in [2.05, 4.69) is 22.9 Å². The van der Waals surface area contributed by atoms with Gasteiger partial charge in [-0.05, 0) is 54.5 Å². The van der Waals surface area contributed by atoms with Crippen molar-refractivity contribution >= 4 is 21.8 Å². The molecule has 0 unspecified atom stereocenters. The molecule has 2 aliphatic rings. The van der Waals surface area contributed by atoms with Crippen molar-refractivity contribution in [2.75, 3.05) is 7.05 Å². The predicted octanol–water partition coefficient (Wildman–Crippen LogP) is 3.10. The first kappa shape index (κ1) is 17.5. The number of nitrogens with zero attached hydrogens (tertiary/aromatic N) is 2. The van der Waals surface area contributed by atoms with Crippen LogP contribution in [0.2, 0.25) is 0 Å². The number of carbonyl (C=O) groups excluding carboxylic acids is 1. The zero-order valence-electron chi connectivity index (χ0n) is 14.5. The molecule has 0 atom stereocenters. The highest BCUT2D eigenvalue weighted by Gasteiger charge is 2.47. The molecule has 2 fully saturated rings. The molecule has 132 valence electrons. The fourth-order valence-electron chi connectivity index (χ4n) is 3.39. The van der Waals surface area contributed by atoms with Gasteiger partial charge in [-0.3, -0.25) is 9.59 Å². The first-order valence-corrected chi connectivity index (χ1v) is 9.39. The molecule has 0 radical (unpaired) electrons. The molecule has 0 bridgehead atoms. The molecule has 3 rings (SSSR count). The number of ether oxygens (including phenoxy) is 1. The summed E-state index contributed by atoms with van der Waals surface area (Å²) in [5.41, 5.74) is -0.179. The van der Waals surface area contributed by atoms with Crippen LogP contribution >= 0.6 is 15.9 Å². The molecule has 1 aromatic rings. The lowest BCUT2D eigenvalue weighted by molar-refractivity contribution is -0.138. The number of hydrogen-bond donors (Lipinski definition) is 0. The van der Waals surface area contributed by atoms with E-state index < -0.39 is 0 Å². The number of amides is 1. The van der Waals surface area contributed by atoms with Crippen molar-refractivity contribution < 1.29 is 9.53 Å². The molecule has 0 saturated heterocycles. The van der Waals surface area contributed by atoms with Crippen LogP contribution < -0.4 is 10.3 Å². The first-order chi connectivity index (χ1) is 11.3. The van der Waals surface area contributed by atoms with Crippen molar-refractivity contribution in [1.82, 2.24) is 9.47 Å². The van der Waals surface area contributed by atoms with Gasteiger partial charge < -0.3 is 14.2 Å². The molecule has 5 nitrogen and oxygen atoms in total. The largest absolute Gasteiger partial charge is 0.489 e. The summed E-state index contributed by atoms with van der Waals surface area (Å²) < 4.78 is 8.34. The van der Waals surface area contributed by atoms with Gasteiger partial charge in [-0.1, -0.05) is 6.92 Å². The van der Waals surface area contributed by atoms with Crippen molar-refractivity contribution in [3.05, 3.63) is 27.1 Å². The maximum Gasteiger partial charge on any atom is 0.254 e. The van der Waals surface area contributed by atoms with E-state index in [9.17, 15) is 9.59 Å². The SMILES string of the molecule is Cn1cc(Br)c(O[C@H]2CC[C@H](N(C)C(=O)C3(C)CC3)CC2)cc1=O. The highest BCUT2D eigenvalue weighted by Crippen LogP contribution is 2.47. The molecular weight excluding hydrogens is 372 g/mol. The Balaban J connectivity index is 1.56. The van der Waals surface area contributed by atoms with Crippen LogP contribution in [0.3, 0.4) is 0 Å². The van der Waals surface area contributed by atoms with Gasteiger partial charge in [0.1, 0.15) is 5.75 Å².